The first-order valence-corrected chi connectivity index (χ1v) is 10.7. The standard InChI is InChI=1S/C24H28N4O3/c1-3-19-7-9-21(10-8-19)30-17-22-18(2)31-26-23(22)24(29)28-14-12-27(13-15-28)16-20-6-4-5-11-25-20/h4-11H,3,12-17H2,1-2H3. The average Bonchev–Trinajstić information content (AvgIpc) is 3.19. The van der Waals surface area contributed by atoms with Crippen molar-refractivity contribution in [1.82, 2.24) is 19.9 Å². The number of amides is 1. The molecule has 0 atom stereocenters. The number of aromatic nitrogens is 2. The van der Waals surface area contributed by atoms with E-state index >= 15 is 0 Å². The zero-order chi connectivity index (χ0) is 21.6. The van der Waals surface area contributed by atoms with E-state index in [1.54, 1.807) is 0 Å². The van der Waals surface area contributed by atoms with Gasteiger partial charge in [-0.15, -0.1) is 0 Å². The largest absolute Gasteiger partial charge is 0.489 e. The van der Waals surface area contributed by atoms with Crippen molar-refractivity contribution in [2.24, 2.45) is 0 Å². The Morgan fingerprint density at radius 3 is 2.55 bits per heavy atom. The average molecular weight is 421 g/mol. The summed E-state index contributed by atoms with van der Waals surface area (Å²) in [5.41, 5.74) is 3.36. The Morgan fingerprint density at radius 2 is 1.87 bits per heavy atom. The summed E-state index contributed by atoms with van der Waals surface area (Å²) in [7, 11) is 0. The van der Waals surface area contributed by atoms with Gasteiger partial charge in [-0.1, -0.05) is 30.3 Å². The molecule has 1 aliphatic rings. The van der Waals surface area contributed by atoms with Gasteiger partial charge in [0.25, 0.3) is 5.91 Å². The molecule has 0 unspecified atom stereocenters. The second-order valence-corrected chi connectivity index (χ2v) is 7.74. The van der Waals surface area contributed by atoms with Gasteiger partial charge in [-0.25, -0.2) is 0 Å². The first-order chi connectivity index (χ1) is 15.1. The van der Waals surface area contributed by atoms with Gasteiger partial charge in [-0.2, -0.15) is 0 Å². The third kappa shape index (κ3) is 5.11. The number of benzene rings is 1. The highest BCUT2D eigenvalue weighted by molar-refractivity contribution is 5.93. The maximum atomic E-state index is 13.1. The molecule has 1 aromatic carbocycles. The highest BCUT2D eigenvalue weighted by atomic mass is 16.5. The summed E-state index contributed by atoms with van der Waals surface area (Å²) in [6.45, 7) is 7.87. The van der Waals surface area contributed by atoms with Crippen molar-refractivity contribution in [3.8, 4) is 5.75 Å². The minimum atomic E-state index is -0.103. The first kappa shape index (κ1) is 21.1. The highest BCUT2D eigenvalue weighted by Gasteiger charge is 2.28. The van der Waals surface area contributed by atoms with Crippen LogP contribution in [0.5, 0.6) is 5.75 Å². The van der Waals surface area contributed by atoms with Gasteiger partial charge in [0, 0.05) is 38.9 Å². The van der Waals surface area contributed by atoms with E-state index in [-0.39, 0.29) is 12.5 Å². The number of hydrogen-bond donors (Lipinski definition) is 0. The lowest BCUT2D eigenvalue weighted by Crippen LogP contribution is -2.48. The zero-order valence-electron chi connectivity index (χ0n) is 18.1. The van der Waals surface area contributed by atoms with Crippen LogP contribution in [0.25, 0.3) is 0 Å². The summed E-state index contributed by atoms with van der Waals surface area (Å²) in [5, 5.41) is 4.05. The van der Waals surface area contributed by atoms with E-state index in [1.807, 2.05) is 60.5 Å². The number of ether oxygens (including phenoxy) is 1. The van der Waals surface area contributed by atoms with Crippen molar-refractivity contribution < 1.29 is 14.1 Å². The molecule has 162 valence electrons. The fraction of sp³-hybridized carbons (Fsp3) is 0.375. The van der Waals surface area contributed by atoms with Crippen LogP contribution < -0.4 is 4.74 Å². The van der Waals surface area contributed by atoms with Gasteiger partial charge in [0.05, 0.1) is 11.3 Å². The molecule has 7 nitrogen and oxygen atoms in total. The Bertz CT molecular complexity index is 993. The Morgan fingerprint density at radius 1 is 1.10 bits per heavy atom. The third-order valence-electron chi connectivity index (χ3n) is 5.67. The van der Waals surface area contributed by atoms with Gasteiger partial charge in [0.2, 0.25) is 0 Å². The molecular formula is C24H28N4O3. The smallest absolute Gasteiger partial charge is 0.276 e. The Kier molecular flexibility index (Phi) is 6.62. The van der Waals surface area contributed by atoms with Gasteiger partial charge >= 0.3 is 0 Å². The predicted molar refractivity (Wildman–Crippen MR) is 117 cm³/mol. The van der Waals surface area contributed by atoms with Crippen LogP contribution in [-0.2, 0) is 19.6 Å². The molecule has 2 aromatic heterocycles. The van der Waals surface area contributed by atoms with E-state index in [9.17, 15) is 4.79 Å². The number of aryl methyl sites for hydroxylation is 2. The van der Waals surface area contributed by atoms with E-state index < -0.39 is 0 Å². The quantitative estimate of drug-likeness (QED) is 0.583. The van der Waals surface area contributed by atoms with Crippen molar-refractivity contribution >= 4 is 5.91 Å². The number of carbonyl (C=O) groups excluding carboxylic acids is 1. The molecule has 3 aromatic rings. The van der Waals surface area contributed by atoms with Crippen molar-refractivity contribution in [2.45, 2.75) is 33.4 Å². The van der Waals surface area contributed by atoms with E-state index in [1.165, 1.54) is 5.56 Å². The van der Waals surface area contributed by atoms with Crippen LogP contribution in [-0.4, -0.2) is 52.0 Å². The van der Waals surface area contributed by atoms with E-state index in [0.29, 0.717) is 30.1 Å². The highest BCUT2D eigenvalue weighted by Crippen LogP contribution is 2.20. The summed E-state index contributed by atoms with van der Waals surface area (Å²) in [6, 6.07) is 13.9. The number of carbonyl (C=O) groups is 1. The molecule has 7 heteroatoms. The van der Waals surface area contributed by atoms with Crippen LogP contribution in [0.15, 0.2) is 53.2 Å². The van der Waals surface area contributed by atoms with Gasteiger partial charge in [-0.05, 0) is 43.2 Å². The maximum Gasteiger partial charge on any atom is 0.276 e. The topological polar surface area (TPSA) is 71.7 Å². The molecule has 1 aliphatic heterocycles. The van der Waals surface area contributed by atoms with Crippen LogP contribution in [0.3, 0.4) is 0 Å². The lowest BCUT2D eigenvalue weighted by atomic mass is 10.1. The van der Waals surface area contributed by atoms with Gasteiger partial charge in [0.1, 0.15) is 18.1 Å². The minimum absolute atomic E-state index is 0.103. The Labute approximate surface area is 182 Å². The van der Waals surface area contributed by atoms with Crippen molar-refractivity contribution in [3.05, 3.63) is 76.9 Å². The number of rotatable bonds is 7. The fourth-order valence-electron chi connectivity index (χ4n) is 3.69. The minimum Gasteiger partial charge on any atom is -0.489 e. The lowest BCUT2D eigenvalue weighted by Gasteiger charge is -2.34. The maximum absolute atomic E-state index is 13.1. The predicted octanol–water partition coefficient (Wildman–Crippen LogP) is 3.48. The second kappa shape index (κ2) is 9.75. The molecular weight excluding hydrogens is 392 g/mol. The summed E-state index contributed by atoms with van der Waals surface area (Å²) in [4.78, 5) is 21.6. The molecule has 1 amide bonds. The SMILES string of the molecule is CCc1ccc(OCc2c(C(=O)N3CCN(Cc4ccccn4)CC3)noc2C)cc1. The molecule has 1 saturated heterocycles. The zero-order valence-corrected chi connectivity index (χ0v) is 18.1. The fourth-order valence-corrected chi connectivity index (χ4v) is 3.69. The number of piperazine rings is 1. The van der Waals surface area contributed by atoms with Gasteiger partial charge < -0.3 is 14.2 Å². The van der Waals surface area contributed by atoms with Crippen LogP contribution in [0.4, 0.5) is 0 Å². The van der Waals surface area contributed by atoms with Gasteiger partial charge in [0.15, 0.2) is 5.69 Å². The van der Waals surface area contributed by atoms with Crippen molar-refractivity contribution in [2.75, 3.05) is 26.2 Å². The molecule has 1 fully saturated rings. The molecule has 0 spiro atoms. The number of pyridine rings is 1. The van der Waals surface area contributed by atoms with E-state index in [0.717, 1.165) is 37.5 Å². The summed E-state index contributed by atoms with van der Waals surface area (Å²) < 4.78 is 11.2. The van der Waals surface area contributed by atoms with Gasteiger partial charge in [-0.3, -0.25) is 14.7 Å². The Balaban J connectivity index is 1.35. The summed E-state index contributed by atoms with van der Waals surface area (Å²) >= 11 is 0. The molecule has 0 saturated carbocycles. The Hall–Kier alpha value is -3.19. The second-order valence-electron chi connectivity index (χ2n) is 7.74. The number of nitrogens with zero attached hydrogens (tertiary/aromatic N) is 4. The lowest BCUT2D eigenvalue weighted by molar-refractivity contribution is 0.0615. The monoisotopic (exact) mass is 420 g/mol. The molecule has 0 aliphatic carbocycles. The van der Waals surface area contributed by atoms with E-state index in [2.05, 4.69) is 22.0 Å². The molecule has 31 heavy (non-hydrogen) atoms. The van der Waals surface area contributed by atoms with Crippen LogP contribution in [0, 0.1) is 6.92 Å². The third-order valence-corrected chi connectivity index (χ3v) is 5.67. The van der Waals surface area contributed by atoms with Crippen LogP contribution in [0.2, 0.25) is 0 Å². The molecule has 0 radical (unpaired) electrons. The van der Waals surface area contributed by atoms with Crippen LogP contribution >= 0.6 is 0 Å². The molecule has 3 heterocycles. The van der Waals surface area contributed by atoms with E-state index in [4.69, 9.17) is 9.26 Å². The first-order valence-electron chi connectivity index (χ1n) is 10.7. The van der Waals surface area contributed by atoms with Crippen LogP contribution in [0.1, 0.15) is 40.0 Å². The summed E-state index contributed by atoms with van der Waals surface area (Å²) in [5.74, 6) is 1.27. The normalized spacial score (nSPS) is 14.6. The van der Waals surface area contributed by atoms with Crippen molar-refractivity contribution in [1.29, 1.82) is 0 Å². The molecule has 0 bridgehead atoms. The summed E-state index contributed by atoms with van der Waals surface area (Å²) in [6.07, 6.45) is 2.79. The molecule has 4 rings (SSSR count). The molecule has 0 N–H and O–H groups in total. The number of hydrogen-bond acceptors (Lipinski definition) is 6. The van der Waals surface area contributed by atoms with Crippen molar-refractivity contribution in [3.63, 3.8) is 0 Å².